The smallest absolute Gasteiger partial charge is 0.372 e. The second kappa shape index (κ2) is 11.5. The highest BCUT2D eigenvalue weighted by molar-refractivity contribution is 14.0. The highest BCUT2D eigenvalue weighted by atomic mass is 127. The largest absolute Gasteiger partial charge is 0.411 e. The van der Waals surface area contributed by atoms with Gasteiger partial charge < -0.3 is 20.3 Å². The first-order chi connectivity index (χ1) is 12.0. The standard InChI is InChI=1S/C17H25F3N4O.HI/c1-21-16(22-9-5-11-25-13-17(18,19)20)23-14-8-10-24(12-14)15-6-3-2-4-7-15;/h2-4,6-7,14H,5,8-13H2,1H3,(H2,21,22,23);1H. The maximum absolute atomic E-state index is 12.0. The highest BCUT2D eigenvalue weighted by Crippen LogP contribution is 2.19. The van der Waals surface area contributed by atoms with Crippen molar-refractivity contribution in [1.82, 2.24) is 10.6 Å². The third-order valence-electron chi connectivity index (χ3n) is 3.90. The van der Waals surface area contributed by atoms with Crippen molar-refractivity contribution in [2.24, 2.45) is 4.99 Å². The van der Waals surface area contributed by atoms with Crippen molar-refractivity contribution in [3.05, 3.63) is 30.3 Å². The third kappa shape index (κ3) is 8.43. The van der Waals surface area contributed by atoms with Gasteiger partial charge in [-0.2, -0.15) is 13.2 Å². The van der Waals surface area contributed by atoms with Crippen LogP contribution in [0.3, 0.4) is 0 Å². The molecule has 0 amide bonds. The first kappa shape index (κ1) is 22.8. The van der Waals surface area contributed by atoms with Crippen molar-refractivity contribution < 1.29 is 17.9 Å². The van der Waals surface area contributed by atoms with Gasteiger partial charge >= 0.3 is 6.18 Å². The van der Waals surface area contributed by atoms with Gasteiger partial charge in [-0.3, -0.25) is 4.99 Å². The fourth-order valence-corrected chi connectivity index (χ4v) is 2.71. The molecule has 1 heterocycles. The van der Waals surface area contributed by atoms with Crippen molar-refractivity contribution in [3.8, 4) is 0 Å². The molecule has 0 radical (unpaired) electrons. The molecule has 2 N–H and O–H groups in total. The number of nitrogens with zero attached hydrogens (tertiary/aromatic N) is 2. The van der Waals surface area contributed by atoms with Crippen LogP contribution in [-0.2, 0) is 4.74 Å². The molecule has 0 bridgehead atoms. The second-order valence-electron chi connectivity index (χ2n) is 5.93. The summed E-state index contributed by atoms with van der Waals surface area (Å²) in [5.41, 5.74) is 1.21. The van der Waals surface area contributed by atoms with Crippen LogP contribution in [0.1, 0.15) is 12.8 Å². The molecule has 1 aliphatic heterocycles. The van der Waals surface area contributed by atoms with Crippen LogP contribution >= 0.6 is 24.0 Å². The van der Waals surface area contributed by atoms with E-state index in [0.717, 1.165) is 19.5 Å². The fourth-order valence-electron chi connectivity index (χ4n) is 2.71. The maximum Gasteiger partial charge on any atom is 0.411 e. The molecule has 2 rings (SSSR count). The molecule has 1 aromatic carbocycles. The lowest BCUT2D eigenvalue weighted by Crippen LogP contribution is -2.45. The van der Waals surface area contributed by atoms with Crippen molar-refractivity contribution in [3.63, 3.8) is 0 Å². The number of hydrogen-bond acceptors (Lipinski definition) is 3. The zero-order valence-electron chi connectivity index (χ0n) is 14.8. The lowest BCUT2D eigenvalue weighted by Gasteiger charge is -2.20. The van der Waals surface area contributed by atoms with Crippen molar-refractivity contribution in [2.45, 2.75) is 25.1 Å². The molecule has 0 aliphatic carbocycles. The van der Waals surface area contributed by atoms with Crippen LogP contribution in [0.15, 0.2) is 35.3 Å². The summed E-state index contributed by atoms with van der Waals surface area (Å²) in [6, 6.07) is 10.5. The van der Waals surface area contributed by atoms with Gasteiger partial charge in [0.15, 0.2) is 5.96 Å². The highest BCUT2D eigenvalue weighted by Gasteiger charge is 2.27. The van der Waals surface area contributed by atoms with E-state index in [-0.39, 0.29) is 36.6 Å². The molecule has 1 aromatic rings. The van der Waals surface area contributed by atoms with E-state index in [1.807, 2.05) is 18.2 Å². The molecule has 0 spiro atoms. The minimum absolute atomic E-state index is 0. The molecular formula is C17H26F3IN4O. The van der Waals surface area contributed by atoms with Crippen LogP contribution in [0.2, 0.25) is 0 Å². The summed E-state index contributed by atoms with van der Waals surface area (Å²) >= 11 is 0. The van der Waals surface area contributed by atoms with Gasteiger partial charge in [-0.15, -0.1) is 24.0 Å². The summed E-state index contributed by atoms with van der Waals surface area (Å²) in [6.07, 6.45) is -2.78. The second-order valence-corrected chi connectivity index (χ2v) is 5.93. The summed E-state index contributed by atoms with van der Waals surface area (Å²) in [5, 5.41) is 6.46. The molecule has 148 valence electrons. The van der Waals surface area contributed by atoms with Crippen LogP contribution in [0.4, 0.5) is 18.9 Å². The zero-order valence-corrected chi connectivity index (χ0v) is 17.1. The predicted octanol–water partition coefficient (Wildman–Crippen LogP) is 3.02. The third-order valence-corrected chi connectivity index (χ3v) is 3.90. The fraction of sp³-hybridized carbons (Fsp3) is 0.588. The van der Waals surface area contributed by atoms with Gasteiger partial charge in [0.2, 0.25) is 0 Å². The molecule has 1 saturated heterocycles. The molecule has 1 unspecified atom stereocenters. The summed E-state index contributed by atoms with van der Waals surface area (Å²) in [4.78, 5) is 6.48. The Morgan fingerprint density at radius 1 is 1.31 bits per heavy atom. The van der Waals surface area contributed by atoms with Crippen molar-refractivity contribution in [1.29, 1.82) is 0 Å². The average Bonchev–Trinajstić information content (AvgIpc) is 3.05. The number of hydrogen-bond donors (Lipinski definition) is 2. The Bertz CT molecular complexity index is 543. The monoisotopic (exact) mass is 486 g/mol. The van der Waals surface area contributed by atoms with Crippen LogP contribution in [0.25, 0.3) is 0 Å². The molecular weight excluding hydrogens is 460 g/mol. The topological polar surface area (TPSA) is 48.9 Å². The summed E-state index contributed by atoms with van der Waals surface area (Å²) in [6.45, 7) is 1.24. The van der Waals surface area contributed by atoms with Crippen LogP contribution in [0.5, 0.6) is 0 Å². The van der Waals surface area contributed by atoms with Crippen molar-refractivity contribution in [2.75, 3.05) is 44.8 Å². The molecule has 0 saturated carbocycles. The maximum atomic E-state index is 12.0. The first-order valence-corrected chi connectivity index (χ1v) is 8.39. The van der Waals surface area contributed by atoms with E-state index in [9.17, 15) is 13.2 Å². The van der Waals surface area contributed by atoms with E-state index in [1.165, 1.54) is 5.69 Å². The number of alkyl halides is 3. The molecule has 26 heavy (non-hydrogen) atoms. The molecule has 1 fully saturated rings. The minimum Gasteiger partial charge on any atom is -0.372 e. The minimum atomic E-state index is -4.27. The number of halogens is 4. The quantitative estimate of drug-likeness (QED) is 0.270. The Balaban J connectivity index is 0.00000338. The van der Waals surface area contributed by atoms with Gasteiger partial charge in [0.05, 0.1) is 0 Å². The Labute approximate surface area is 169 Å². The first-order valence-electron chi connectivity index (χ1n) is 8.39. The number of para-hydroxylation sites is 1. The number of ether oxygens (including phenoxy) is 1. The van der Waals surface area contributed by atoms with Crippen LogP contribution < -0.4 is 15.5 Å². The normalized spacial score (nSPS) is 17.8. The van der Waals surface area contributed by atoms with E-state index in [1.54, 1.807) is 7.05 Å². The number of benzene rings is 1. The molecule has 1 atom stereocenters. The van der Waals surface area contributed by atoms with Crippen LogP contribution in [-0.4, -0.2) is 58.1 Å². The van der Waals surface area contributed by atoms with E-state index in [4.69, 9.17) is 0 Å². The Morgan fingerprint density at radius 2 is 2.04 bits per heavy atom. The van der Waals surface area contributed by atoms with Crippen molar-refractivity contribution >= 4 is 35.6 Å². The number of aliphatic imine (C=N–C) groups is 1. The van der Waals surface area contributed by atoms with E-state index < -0.39 is 12.8 Å². The zero-order chi connectivity index (χ0) is 18.1. The van der Waals surface area contributed by atoms with E-state index >= 15 is 0 Å². The lowest BCUT2D eigenvalue weighted by molar-refractivity contribution is -0.173. The van der Waals surface area contributed by atoms with Crippen LogP contribution in [0, 0.1) is 0 Å². The van der Waals surface area contributed by atoms with Gasteiger partial charge in [0, 0.05) is 45.0 Å². The number of anilines is 1. The number of nitrogens with one attached hydrogen (secondary N) is 2. The Hall–Kier alpha value is -1.23. The average molecular weight is 486 g/mol. The Kier molecular flexibility index (Phi) is 10.1. The SMILES string of the molecule is CN=C(NCCCOCC(F)(F)F)NC1CCN(c2ccccc2)C1.I. The molecule has 1 aliphatic rings. The van der Waals surface area contributed by atoms with Gasteiger partial charge in [-0.05, 0) is 25.0 Å². The lowest BCUT2D eigenvalue weighted by atomic mass is 10.3. The number of guanidine groups is 1. The number of rotatable bonds is 7. The van der Waals surface area contributed by atoms with Gasteiger partial charge in [-0.1, -0.05) is 18.2 Å². The van der Waals surface area contributed by atoms with E-state index in [0.29, 0.717) is 18.9 Å². The molecule has 0 aromatic heterocycles. The van der Waals surface area contributed by atoms with E-state index in [2.05, 4.69) is 37.4 Å². The summed E-state index contributed by atoms with van der Waals surface area (Å²) in [7, 11) is 1.68. The Morgan fingerprint density at radius 3 is 2.69 bits per heavy atom. The van der Waals surface area contributed by atoms with Gasteiger partial charge in [0.25, 0.3) is 0 Å². The molecule has 5 nitrogen and oxygen atoms in total. The van der Waals surface area contributed by atoms with Gasteiger partial charge in [0.1, 0.15) is 6.61 Å². The summed E-state index contributed by atoms with van der Waals surface area (Å²) in [5.74, 6) is 0.663. The summed E-state index contributed by atoms with van der Waals surface area (Å²) < 4.78 is 40.4. The molecule has 9 heteroatoms. The van der Waals surface area contributed by atoms with Gasteiger partial charge in [-0.25, -0.2) is 0 Å². The predicted molar refractivity (Wildman–Crippen MR) is 108 cm³/mol.